The van der Waals surface area contributed by atoms with Gasteiger partial charge in [0.1, 0.15) is 0 Å². The molecule has 1 aliphatic rings. The summed E-state index contributed by atoms with van der Waals surface area (Å²) in [6.45, 7) is 6.90. The molecule has 6 heteroatoms. The van der Waals surface area contributed by atoms with E-state index in [1.165, 1.54) is 11.3 Å². The molecule has 0 aliphatic carbocycles. The summed E-state index contributed by atoms with van der Waals surface area (Å²) in [5.74, 6) is 1.50. The number of nitrogens with zero attached hydrogens (tertiary/aromatic N) is 2. The predicted octanol–water partition coefficient (Wildman–Crippen LogP) is 2.49. The second-order valence-electron chi connectivity index (χ2n) is 7.34. The third-order valence-corrected chi connectivity index (χ3v) is 5.38. The van der Waals surface area contributed by atoms with Gasteiger partial charge in [-0.15, -0.1) is 0 Å². The largest absolute Gasteiger partial charge is 0.493 e. The van der Waals surface area contributed by atoms with E-state index in [0.29, 0.717) is 24.6 Å². The predicted molar refractivity (Wildman–Crippen MR) is 116 cm³/mol. The van der Waals surface area contributed by atoms with Crippen molar-refractivity contribution in [2.24, 2.45) is 0 Å². The van der Waals surface area contributed by atoms with Crippen molar-refractivity contribution in [2.45, 2.75) is 13.3 Å². The van der Waals surface area contributed by atoms with Gasteiger partial charge in [0, 0.05) is 38.4 Å². The number of benzene rings is 2. The molecule has 1 amide bonds. The Morgan fingerprint density at radius 2 is 1.72 bits per heavy atom. The maximum atomic E-state index is 12.3. The molecule has 0 saturated carbocycles. The third kappa shape index (κ3) is 5.64. The molecule has 0 radical (unpaired) electrons. The van der Waals surface area contributed by atoms with E-state index in [4.69, 9.17) is 9.47 Å². The Labute approximate surface area is 173 Å². The molecule has 0 atom stereocenters. The molecule has 2 aromatic carbocycles. The number of piperazine rings is 1. The highest BCUT2D eigenvalue weighted by atomic mass is 16.5. The van der Waals surface area contributed by atoms with Gasteiger partial charge in [-0.25, -0.2) is 0 Å². The van der Waals surface area contributed by atoms with Crippen LogP contribution in [0.15, 0.2) is 42.5 Å². The van der Waals surface area contributed by atoms with Crippen LogP contribution < -0.4 is 19.7 Å². The fourth-order valence-corrected chi connectivity index (χ4v) is 3.71. The summed E-state index contributed by atoms with van der Waals surface area (Å²) >= 11 is 0. The van der Waals surface area contributed by atoms with E-state index in [-0.39, 0.29) is 5.91 Å². The molecule has 2 aromatic rings. The lowest BCUT2D eigenvalue weighted by molar-refractivity contribution is -0.122. The summed E-state index contributed by atoms with van der Waals surface area (Å²) in [6, 6.07) is 14.3. The fourth-order valence-electron chi connectivity index (χ4n) is 3.71. The average Bonchev–Trinajstić information content (AvgIpc) is 2.74. The molecule has 156 valence electrons. The highest BCUT2D eigenvalue weighted by Gasteiger charge is 2.19. The average molecular weight is 398 g/mol. The van der Waals surface area contributed by atoms with Crippen molar-refractivity contribution in [3.8, 4) is 11.5 Å². The first kappa shape index (κ1) is 21.0. The molecule has 1 fully saturated rings. The smallest absolute Gasteiger partial charge is 0.234 e. The fraction of sp³-hybridized carbons (Fsp3) is 0.435. The maximum Gasteiger partial charge on any atom is 0.234 e. The van der Waals surface area contributed by atoms with E-state index in [9.17, 15) is 4.79 Å². The summed E-state index contributed by atoms with van der Waals surface area (Å²) in [5.41, 5.74) is 3.70. The molecule has 1 aliphatic heterocycles. The normalized spacial score (nSPS) is 14.5. The van der Waals surface area contributed by atoms with Gasteiger partial charge < -0.3 is 19.7 Å². The van der Waals surface area contributed by atoms with E-state index < -0.39 is 0 Å². The van der Waals surface area contributed by atoms with Crippen LogP contribution in [0.1, 0.15) is 11.1 Å². The number of hydrogen-bond acceptors (Lipinski definition) is 5. The molecule has 29 heavy (non-hydrogen) atoms. The number of rotatable bonds is 8. The number of aryl methyl sites for hydroxylation is 1. The Morgan fingerprint density at radius 3 is 2.41 bits per heavy atom. The Kier molecular flexibility index (Phi) is 7.36. The van der Waals surface area contributed by atoms with E-state index >= 15 is 0 Å². The van der Waals surface area contributed by atoms with Crippen LogP contribution in [0.3, 0.4) is 0 Å². The van der Waals surface area contributed by atoms with Crippen molar-refractivity contribution in [1.29, 1.82) is 0 Å². The van der Waals surface area contributed by atoms with Crippen molar-refractivity contribution in [3.05, 3.63) is 53.6 Å². The van der Waals surface area contributed by atoms with Gasteiger partial charge in [-0.1, -0.05) is 24.3 Å². The van der Waals surface area contributed by atoms with Crippen molar-refractivity contribution in [3.63, 3.8) is 0 Å². The molecular weight excluding hydrogens is 366 g/mol. The number of ether oxygens (including phenoxy) is 2. The maximum absolute atomic E-state index is 12.3. The summed E-state index contributed by atoms with van der Waals surface area (Å²) in [7, 11) is 3.25. The number of anilines is 1. The second-order valence-corrected chi connectivity index (χ2v) is 7.34. The zero-order chi connectivity index (χ0) is 20.6. The lowest BCUT2D eigenvalue weighted by Crippen LogP contribution is -2.49. The number of hydrogen-bond donors (Lipinski definition) is 1. The van der Waals surface area contributed by atoms with Crippen LogP contribution in [-0.2, 0) is 11.2 Å². The first-order chi connectivity index (χ1) is 14.1. The molecular formula is C23H31N3O3. The Bertz CT molecular complexity index is 817. The molecule has 6 nitrogen and oxygen atoms in total. The van der Waals surface area contributed by atoms with Crippen LogP contribution in [-0.4, -0.2) is 64.3 Å². The minimum absolute atomic E-state index is 0.0785. The van der Waals surface area contributed by atoms with Gasteiger partial charge in [0.2, 0.25) is 5.91 Å². The Balaban J connectivity index is 1.40. The first-order valence-electron chi connectivity index (χ1n) is 10.1. The van der Waals surface area contributed by atoms with E-state index in [2.05, 4.69) is 46.3 Å². The number of carbonyl (C=O) groups excluding carboxylic acids is 1. The zero-order valence-electron chi connectivity index (χ0n) is 17.6. The van der Waals surface area contributed by atoms with E-state index in [1.807, 2.05) is 18.2 Å². The van der Waals surface area contributed by atoms with Crippen molar-refractivity contribution >= 4 is 11.6 Å². The quantitative estimate of drug-likeness (QED) is 0.742. The molecule has 0 spiro atoms. The van der Waals surface area contributed by atoms with Gasteiger partial charge in [0.15, 0.2) is 11.5 Å². The Hall–Kier alpha value is -2.73. The third-order valence-electron chi connectivity index (χ3n) is 5.38. The van der Waals surface area contributed by atoms with Crippen molar-refractivity contribution < 1.29 is 14.3 Å². The van der Waals surface area contributed by atoms with Crippen molar-refractivity contribution in [2.75, 3.05) is 58.4 Å². The summed E-state index contributed by atoms with van der Waals surface area (Å²) < 4.78 is 10.6. The molecule has 1 heterocycles. The highest BCUT2D eigenvalue weighted by Crippen LogP contribution is 2.27. The van der Waals surface area contributed by atoms with E-state index in [1.54, 1.807) is 14.2 Å². The molecule has 0 bridgehead atoms. The standard InChI is InChI=1S/C23H31N3O3/c1-18-6-4-5-7-20(18)26-14-12-25(13-15-26)17-23(27)24-11-10-19-8-9-21(28-2)22(16-19)29-3/h4-9,16H,10-15,17H2,1-3H3,(H,24,27). The molecule has 1 N–H and O–H groups in total. The van der Waals surface area contributed by atoms with Gasteiger partial charge in [-0.2, -0.15) is 0 Å². The number of carbonyl (C=O) groups is 1. The van der Waals surface area contributed by atoms with Crippen LogP contribution in [0.4, 0.5) is 5.69 Å². The summed E-state index contributed by atoms with van der Waals surface area (Å²) in [4.78, 5) is 16.9. The van der Waals surface area contributed by atoms with Gasteiger partial charge >= 0.3 is 0 Å². The number of nitrogens with one attached hydrogen (secondary N) is 1. The molecule has 3 rings (SSSR count). The van der Waals surface area contributed by atoms with Crippen LogP contribution in [0.5, 0.6) is 11.5 Å². The minimum Gasteiger partial charge on any atom is -0.493 e. The van der Waals surface area contributed by atoms with Crippen LogP contribution in [0.25, 0.3) is 0 Å². The highest BCUT2D eigenvalue weighted by molar-refractivity contribution is 5.78. The molecule has 0 aromatic heterocycles. The summed E-state index contributed by atoms with van der Waals surface area (Å²) in [6.07, 6.45) is 0.757. The lowest BCUT2D eigenvalue weighted by atomic mass is 10.1. The number of para-hydroxylation sites is 1. The van der Waals surface area contributed by atoms with Crippen LogP contribution >= 0.6 is 0 Å². The molecule has 0 unspecified atom stereocenters. The number of methoxy groups -OCH3 is 2. The minimum atomic E-state index is 0.0785. The van der Waals surface area contributed by atoms with Gasteiger partial charge in [0.25, 0.3) is 0 Å². The molecule has 1 saturated heterocycles. The van der Waals surface area contributed by atoms with Crippen molar-refractivity contribution in [1.82, 2.24) is 10.2 Å². The van der Waals surface area contributed by atoms with E-state index in [0.717, 1.165) is 38.2 Å². The SMILES string of the molecule is COc1ccc(CCNC(=O)CN2CCN(c3ccccc3C)CC2)cc1OC. The number of amides is 1. The Morgan fingerprint density at radius 1 is 1.00 bits per heavy atom. The van der Waals surface area contributed by atoms with Gasteiger partial charge in [-0.05, 0) is 42.7 Å². The van der Waals surface area contributed by atoms with Gasteiger partial charge in [0.05, 0.1) is 20.8 Å². The lowest BCUT2D eigenvalue weighted by Gasteiger charge is -2.36. The van der Waals surface area contributed by atoms with Gasteiger partial charge in [-0.3, -0.25) is 9.69 Å². The second kappa shape index (κ2) is 10.2. The topological polar surface area (TPSA) is 54.0 Å². The monoisotopic (exact) mass is 397 g/mol. The summed E-state index contributed by atoms with van der Waals surface area (Å²) in [5, 5.41) is 3.03. The van der Waals surface area contributed by atoms with Crippen LogP contribution in [0, 0.1) is 6.92 Å². The zero-order valence-corrected chi connectivity index (χ0v) is 17.6. The first-order valence-corrected chi connectivity index (χ1v) is 10.1. The van der Waals surface area contributed by atoms with Crippen LogP contribution in [0.2, 0.25) is 0 Å².